The number of aliphatic hydroxyl groups excluding tert-OH is 1. The molecule has 4 unspecified atom stereocenters. The van der Waals surface area contributed by atoms with Crippen LogP contribution in [-0.4, -0.2) is 42.0 Å². The van der Waals surface area contributed by atoms with E-state index in [1.807, 2.05) is 13.8 Å². The van der Waals surface area contributed by atoms with Crippen molar-refractivity contribution in [3.05, 3.63) is 0 Å². The lowest BCUT2D eigenvalue weighted by atomic mass is 9.82. The number of aliphatic hydroxyl groups is 1. The van der Waals surface area contributed by atoms with Gasteiger partial charge in [0.15, 0.2) is 0 Å². The van der Waals surface area contributed by atoms with Crippen molar-refractivity contribution in [2.24, 2.45) is 5.92 Å². The standard InChI is InChI=1S/C15H28N2O3/c1-3-15(2,8-9-18)17-14(19)16-12-5-4-6-13-11(12)7-10-20-13/h11-13,18H,3-10H2,1-2H3,(H2,16,17,19). The molecule has 0 aromatic heterocycles. The smallest absolute Gasteiger partial charge is 0.315 e. The van der Waals surface area contributed by atoms with Crippen LogP contribution in [0.4, 0.5) is 4.79 Å². The molecule has 4 atom stereocenters. The minimum atomic E-state index is -0.334. The van der Waals surface area contributed by atoms with Crippen LogP contribution < -0.4 is 10.6 Å². The first-order chi connectivity index (χ1) is 9.58. The van der Waals surface area contributed by atoms with E-state index in [1.165, 1.54) is 0 Å². The maximum Gasteiger partial charge on any atom is 0.315 e. The van der Waals surface area contributed by atoms with E-state index in [0.29, 0.717) is 18.4 Å². The van der Waals surface area contributed by atoms with Crippen molar-refractivity contribution < 1.29 is 14.6 Å². The van der Waals surface area contributed by atoms with Gasteiger partial charge >= 0.3 is 6.03 Å². The van der Waals surface area contributed by atoms with E-state index in [0.717, 1.165) is 38.7 Å². The zero-order chi connectivity index (χ0) is 14.6. The average molecular weight is 284 g/mol. The lowest BCUT2D eigenvalue weighted by Gasteiger charge is -2.35. The maximum absolute atomic E-state index is 12.2. The average Bonchev–Trinajstić information content (AvgIpc) is 2.88. The molecule has 20 heavy (non-hydrogen) atoms. The summed E-state index contributed by atoms with van der Waals surface area (Å²) in [4.78, 5) is 12.2. The Balaban J connectivity index is 1.87. The highest BCUT2D eigenvalue weighted by Gasteiger charge is 2.38. The number of hydrogen-bond acceptors (Lipinski definition) is 3. The van der Waals surface area contributed by atoms with Crippen molar-refractivity contribution in [2.45, 2.75) is 70.1 Å². The molecule has 5 heteroatoms. The largest absolute Gasteiger partial charge is 0.396 e. The first-order valence-electron chi connectivity index (χ1n) is 7.89. The second-order valence-corrected chi connectivity index (χ2v) is 6.39. The van der Waals surface area contributed by atoms with Crippen LogP contribution in [0.1, 0.15) is 52.4 Å². The molecule has 1 saturated heterocycles. The molecule has 0 radical (unpaired) electrons. The molecule has 0 aromatic carbocycles. The van der Waals surface area contributed by atoms with Gasteiger partial charge in [0.05, 0.1) is 6.10 Å². The summed E-state index contributed by atoms with van der Waals surface area (Å²) < 4.78 is 5.72. The minimum absolute atomic E-state index is 0.0899. The van der Waals surface area contributed by atoms with Gasteiger partial charge in [0, 0.05) is 30.7 Å². The Morgan fingerprint density at radius 2 is 2.20 bits per heavy atom. The van der Waals surface area contributed by atoms with Crippen LogP contribution in [0.15, 0.2) is 0 Å². The number of nitrogens with one attached hydrogen (secondary N) is 2. The fourth-order valence-electron chi connectivity index (χ4n) is 3.41. The molecule has 5 nitrogen and oxygen atoms in total. The Bertz CT molecular complexity index is 337. The fraction of sp³-hybridized carbons (Fsp3) is 0.933. The van der Waals surface area contributed by atoms with Crippen molar-refractivity contribution in [1.82, 2.24) is 10.6 Å². The van der Waals surface area contributed by atoms with E-state index >= 15 is 0 Å². The van der Waals surface area contributed by atoms with Gasteiger partial charge in [-0.15, -0.1) is 0 Å². The summed E-state index contributed by atoms with van der Waals surface area (Å²) in [5.41, 5.74) is -0.334. The molecule has 0 spiro atoms. The fourth-order valence-corrected chi connectivity index (χ4v) is 3.41. The maximum atomic E-state index is 12.2. The van der Waals surface area contributed by atoms with Crippen LogP contribution in [-0.2, 0) is 4.74 Å². The van der Waals surface area contributed by atoms with Crippen molar-refractivity contribution in [3.63, 3.8) is 0 Å². The van der Waals surface area contributed by atoms with Gasteiger partial charge in [-0.05, 0) is 45.4 Å². The van der Waals surface area contributed by atoms with E-state index in [2.05, 4.69) is 10.6 Å². The number of hydrogen-bond donors (Lipinski definition) is 3. The number of carbonyl (C=O) groups excluding carboxylic acids is 1. The molecule has 1 aliphatic carbocycles. The highest BCUT2D eigenvalue weighted by Crippen LogP contribution is 2.34. The monoisotopic (exact) mass is 284 g/mol. The van der Waals surface area contributed by atoms with Crippen molar-refractivity contribution in [3.8, 4) is 0 Å². The summed E-state index contributed by atoms with van der Waals surface area (Å²) in [6.07, 6.45) is 6.06. The molecule has 1 heterocycles. The SMILES string of the molecule is CCC(C)(CCO)NC(=O)NC1CCCC2OCCC12. The lowest BCUT2D eigenvalue weighted by Crippen LogP contribution is -2.55. The molecule has 3 N–H and O–H groups in total. The second-order valence-electron chi connectivity index (χ2n) is 6.39. The van der Waals surface area contributed by atoms with Gasteiger partial charge in [0.2, 0.25) is 0 Å². The first-order valence-corrected chi connectivity index (χ1v) is 7.89. The Kier molecular flexibility index (Phi) is 5.27. The predicted octanol–water partition coefficient (Wildman–Crippen LogP) is 1.79. The Morgan fingerprint density at radius 1 is 1.40 bits per heavy atom. The topological polar surface area (TPSA) is 70.6 Å². The molecule has 2 fully saturated rings. The summed E-state index contributed by atoms with van der Waals surface area (Å²) in [5.74, 6) is 0.472. The van der Waals surface area contributed by atoms with E-state index in [9.17, 15) is 4.79 Å². The van der Waals surface area contributed by atoms with Gasteiger partial charge in [-0.1, -0.05) is 6.92 Å². The molecule has 2 aliphatic rings. The lowest BCUT2D eigenvalue weighted by molar-refractivity contribution is 0.0546. The molecule has 0 bridgehead atoms. The zero-order valence-electron chi connectivity index (χ0n) is 12.7. The summed E-state index contributed by atoms with van der Waals surface area (Å²) >= 11 is 0. The highest BCUT2D eigenvalue weighted by atomic mass is 16.5. The molecule has 2 rings (SSSR count). The van der Waals surface area contributed by atoms with Crippen LogP contribution in [0.3, 0.4) is 0 Å². The number of urea groups is 1. The Labute approximate surface area is 121 Å². The van der Waals surface area contributed by atoms with Gasteiger partial charge in [-0.25, -0.2) is 4.79 Å². The number of carbonyl (C=O) groups is 1. The number of fused-ring (bicyclic) bond motifs is 1. The Hall–Kier alpha value is -0.810. The number of ether oxygens (including phenoxy) is 1. The second kappa shape index (κ2) is 6.76. The van der Waals surface area contributed by atoms with Crippen molar-refractivity contribution in [2.75, 3.05) is 13.2 Å². The molecule has 2 amide bonds. The number of amides is 2. The van der Waals surface area contributed by atoms with Gasteiger partial charge in [-0.3, -0.25) is 0 Å². The molecule has 0 aromatic rings. The van der Waals surface area contributed by atoms with Gasteiger partial charge in [-0.2, -0.15) is 0 Å². The molecule has 1 saturated carbocycles. The van der Waals surface area contributed by atoms with E-state index in [4.69, 9.17) is 9.84 Å². The molecular weight excluding hydrogens is 256 g/mol. The van der Waals surface area contributed by atoms with Crippen molar-refractivity contribution >= 4 is 6.03 Å². The summed E-state index contributed by atoms with van der Waals surface area (Å²) in [6.45, 7) is 4.92. The van der Waals surface area contributed by atoms with Crippen LogP contribution >= 0.6 is 0 Å². The molecule has 116 valence electrons. The normalized spacial score (nSPS) is 32.2. The van der Waals surface area contributed by atoms with Gasteiger partial charge in [0.25, 0.3) is 0 Å². The molecule has 1 aliphatic heterocycles. The summed E-state index contributed by atoms with van der Waals surface area (Å²) in [5, 5.41) is 15.2. The number of rotatable bonds is 5. The zero-order valence-corrected chi connectivity index (χ0v) is 12.7. The van der Waals surface area contributed by atoms with Crippen LogP contribution in [0.25, 0.3) is 0 Å². The third kappa shape index (κ3) is 3.64. The summed E-state index contributed by atoms with van der Waals surface area (Å²) in [7, 11) is 0. The quantitative estimate of drug-likeness (QED) is 0.721. The van der Waals surface area contributed by atoms with Crippen LogP contribution in [0.5, 0.6) is 0 Å². The van der Waals surface area contributed by atoms with Gasteiger partial charge in [0.1, 0.15) is 0 Å². The van der Waals surface area contributed by atoms with E-state index < -0.39 is 0 Å². The third-order valence-corrected chi connectivity index (χ3v) is 4.96. The van der Waals surface area contributed by atoms with E-state index in [-0.39, 0.29) is 24.2 Å². The first kappa shape index (κ1) is 15.6. The van der Waals surface area contributed by atoms with Crippen LogP contribution in [0.2, 0.25) is 0 Å². The van der Waals surface area contributed by atoms with E-state index in [1.54, 1.807) is 0 Å². The third-order valence-electron chi connectivity index (χ3n) is 4.96. The predicted molar refractivity (Wildman–Crippen MR) is 77.6 cm³/mol. The minimum Gasteiger partial charge on any atom is -0.396 e. The molecular formula is C15H28N2O3. The Morgan fingerprint density at radius 3 is 2.90 bits per heavy atom. The van der Waals surface area contributed by atoms with Crippen LogP contribution in [0, 0.1) is 5.92 Å². The summed E-state index contributed by atoms with van der Waals surface area (Å²) in [6, 6.07) is 0.117. The highest BCUT2D eigenvalue weighted by molar-refractivity contribution is 5.75. The van der Waals surface area contributed by atoms with Crippen molar-refractivity contribution in [1.29, 1.82) is 0 Å². The van der Waals surface area contributed by atoms with Gasteiger partial charge < -0.3 is 20.5 Å².